The third kappa shape index (κ3) is 2.89. The molecule has 1 aromatic carbocycles. The molecular weight excluding hydrogens is 182 g/mol. The van der Waals surface area contributed by atoms with Crippen LogP contribution in [0, 0.1) is 11.8 Å². The number of azide groups is 1. The van der Waals surface area contributed by atoms with E-state index in [0.717, 1.165) is 0 Å². The number of nitrogens with zero attached hydrogens (tertiary/aromatic N) is 3. The fourth-order valence-electron chi connectivity index (χ4n) is 0.789. The molecule has 5 nitrogen and oxygen atoms in total. The first-order valence-corrected chi connectivity index (χ1v) is 3.62. The van der Waals surface area contributed by atoms with Gasteiger partial charge in [-0.3, -0.25) is 0 Å². The van der Waals surface area contributed by atoms with Gasteiger partial charge >= 0.3 is 5.97 Å². The Labute approximate surface area is 79.6 Å². The van der Waals surface area contributed by atoms with Gasteiger partial charge in [0.05, 0.1) is 0 Å². The highest BCUT2D eigenvalue weighted by atomic mass is 16.4. The molecule has 0 unspecified atom stereocenters. The number of aliphatic carboxylic acids is 1. The maximum Gasteiger partial charge on any atom is 0.382 e. The Bertz CT molecular complexity index is 447. The minimum atomic E-state index is -1.18. The van der Waals surface area contributed by atoms with Crippen LogP contribution in [0.3, 0.4) is 0 Å². The van der Waals surface area contributed by atoms with E-state index in [9.17, 15) is 4.79 Å². The van der Waals surface area contributed by atoms with Crippen LogP contribution in [0.5, 0.6) is 0 Å². The van der Waals surface area contributed by atoms with Crippen LogP contribution in [0.4, 0.5) is 5.69 Å². The summed E-state index contributed by atoms with van der Waals surface area (Å²) in [7, 11) is 0. The third-order valence-electron chi connectivity index (χ3n) is 1.34. The van der Waals surface area contributed by atoms with Crippen molar-refractivity contribution in [2.24, 2.45) is 5.11 Å². The van der Waals surface area contributed by atoms with Crippen LogP contribution in [-0.4, -0.2) is 11.1 Å². The van der Waals surface area contributed by atoms with Crippen LogP contribution in [0.1, 0.15) is 5.56 Å². The minimum Gasteiger partial charge on any atom is -0.472 e. The smallest absolute Gasteiger partial charge is 0.382 e. The van der Waals surface area contributed by atoms with Crippen LogP contribution in [-0.2, 0) is 4.79 Å². The largest absolute Gasteiger partial charge is 0.472 e. The first kappa shape index (κ1) is 9.65. The standard InChI is InChI=1S/C9H5N3O2/c10-12-11-8-4-1-7(2-5-8)3-6-9(13)14/h1-2,4-5H,(H,13,14). The van der Waals surface area contributed by atoms with Gasteiger partial charge in [0.2, 0.25) is 0 Å². The van der Waals surface area contributed by atoms with Gasteiger partial charge in [-0.25, -0.2) is 4.79 Å². The van der Waals surface area contributed by atoms with Gasteiger partial charge in [0.1, 0.15) is 0 Å². The van der Waals surface area contributed by atoms with E-state index in [-0.39, 0.29) is 0 Å². The zero-order valence-corrected chi connectivity index (χ0v) is 7.01. The lowest BCUT2D eigenvalue weighted by atomic mass is 10.2. The molecule has 0 amide bonds. The van der Waals surface area contributed by atoms with Crippen molar-refractivity contribution in [3.05, 3.63) is 40.3 Å². The summed E-state index contributed by atoms with van der Waals surface area (Å²) in [5, 5.41) is 11.6. The number of benzene rings is 1. The Morgan fingerprint density at radius 2 is 2.07 bits per heavy atom. The Balaban J connectivity index is 2.90. The topological polar surface area (TPSA) is 86.1 Å². The van der Waals surface area contributed by atoms with Crippen molar-refractivity contribution in [2.45, 2.75) is 0 Å². The normalized spacial score (nSPS) is 8.00. The number of carboxylic acids is 1. The lowest BCUT2D eigenvalue weighted by molar-refractivity contribution is -0.130. The van der Waals surface area contributed by atoms with E-state index in [0.29, 0.717) is 11.3 Å². The molecule has 0 atom stereocenters. The summed E-state index contributed by atoms with van der Waals surface area (Å²) in [6.45, 7) is 0. The molecule has 0 aromatic heterocycles. The molecule has 0 heterocycles. The summed E-state index contributed by atoms with van der Waals surface area (Å²) >= 11 is 0. The summed E-state index contributed by atoms with van der Waals surface area (Å²) in [6.07, 6.45) is 0. The van der Waals surface area contributed by atoms with E-state index in [4.69, 9.17) is 10.6 Å². The Kier molecular flexibility index (Phi) is 3.14. The van der Waals surface area contributed by atoms with Gasteiger partial charge in [0.15, 0.2) is 0 Å². The highest BCUT2D eigenvalue weighted by molar-refractivity contribution is 5.87. The highest BCUT2D eigenvalue weighted by Crippen LogP contribution is 2.12. The number of hydrogen-bond acceptors (Lipinski definition) is 2. The average molecular weight is 187 g/mol. The molecule has 5 heteroatoms. The average Bonchev–Trinajstić information content (AvgIpc) is 2.17. The molecule has 1 rings (SSSR count). The van der Waals surface area contributed by atoms with Crippen molar-refractivity contribution in [3.63, 3.8) is 0 Å². The number of carboxylic acid groups (broad SMARTS) is 1. The number of carbonyl (C=O) groups is 1. The monoisotopic (exact) mass is 187 g/mol. The summed E-state index contributed by atoms with van der Waals surface area (Å²) < 4.78 is 0. The van der Waals surface area contributed by atoms with Crippen LogP contribution in [0.2, 0.25) is 0 Å². The van der Waals surface area contributed by atoms with Gasteiger partial charge in [-0.2, -0.15) is 0 Å². The van der Waals surface area contributed by atoms with E-state index < -0.39 is 5.97 Å². The molecule has 0 saturated carbocycles. The third-order valence-corrected chi connectivity index (χ3v) is 1.34. The molecule has 68 valence electrons. The van der Waals surface area contributed by atoms with Crippen LogP contribution >= 0.6 is 0 Å². The van der Waals surface area contributed by atoms with Crippen LogP contribution in [0.15, 0.2) is 29.4 Å². The summed E-state index contributed by atoms with van der Waals surface area (Å²) in [4.78, 5) is 12.7. The molecule has 0 aliphatic rings. The maximum absolute atomic E-state index is 10.1. The van der Waals surface area contributed by atoms with E-state index in [2.05, 4.69) is 15.9 Å². The highest BCUT2D eigenvalue weighted by Gasteiger charge is 1.89. The molecule has 0 radical (unpaired) electrons. The predicted molar refractivity (Wildman–Crippen MR) is 49.8 cm³/mol. The molecule has 0 fully saturated rings. The summed E-state index contributed by atoms with van der Waals surface area (Å²) in [6, 6.07) is 6.29. The van der Waals surface area contributed by atoms with E-state index in [1.807, 2.05) is 5.92 Å². The number of hydrogen-bond donors (Lipinski definition) is 1. The van der Waals surface area contributed by atoms with Gasteiger partial charge in [-0.15, -0.1) is 0 Å². The van der Waals surface area contributed by atoms with Crippen molar-refractivity contribution >= 4 is 11.7 Å². The van der Waals surface area contributed by atoms with Gasteiger partial charge in [0.25, 0.3) is 0 Å². The van der Waals surface area contributed by atoms with Gasteiger partial charge in [-0.1, -0.05) is 23.2 Å². The zero-order chi connectivity index (χ0) is 10.4. The Morgan fingerprint density at radius 1 is 1.43 bits per heavy atom. The molecule has 0 spiro atoms. The van der Waals surface area contributed by atoms with Crippen molar-refractivity contribution < 1.29 is 9.90 Å². The Morgan fingerprint density at radius 3 is 2.57 bits per heavy atom. The molecule has 1 aromatic rings. The maximum atomic E-state index is 10.1. The minimum absolute atomic E-state index is 0.466. The molecule has 0 bridgehead atoms. The van der Waals surface area contributed by atoms with Crippen molar-refractivity contribution in [2.75, 3.05) is 0 Å². The van der Waals surface area contributed by atoms with E-state index in [1.54, 1.807) is 24.3 Å². The first-order chi connectivity index (χ1) is 6.72. The molecule has 14 heavy (non-hydrogen) atoms. The fraction of sp³-hybridized carbons (Fsp3) is 0. The van der Waals surface area contributed by atoms with Crippen molar-refractivity contribution in [1.29, 1.82) is 0 Å². The quantitative estimate of drug-likeness (QED) is 0.315. The second-order valence-electron chi connectivity index (χ2n) is 2.29. The van der Waals surface area contributed by atoms with Gasteiger partial charge in [-0.05, 0) is 17.7 Å². The van der Waals surface area contributed by atoms with Crippen LogP contribution in [0.25, 0.3) is 10.4 Å². The Hall–Kier alpha value is -2.44. The number of rotatable bonds is 1. The van der Waals surface area contributed by atoms with Crippen molar-refractivity contribution in [1.82, 2.24) is 0 Å². The second-order valence-corrected chi connectivity index (χ2v) is 2.29. The molecule has 1 N–H and O–H groups in total. The molecule has 0 aliphatic heterocycles. The van der Waals surface area contributed by atoms with Gasteiger partial charge < -0.3 is 5.11 Å². The lowest BCUT2D eigenvalue weighted by Crippen LogP contribution is -1.86. The molecule has 0 aliphatic carbocycles. The van der Waals surface area contributed by atoms with Crippen LogP contribution < -0.4 is 0 Å². The van der Waals surface area contributed by atoms with E-state index in [1.165, 1.54) is 0 Å². The molecule has 0 saturated heterocycles. The SMILES string of the molecule is [N-]=[N+]=Nc1ccc(C#CC(=O)O)cc1. The van der Waals surface area contributed by atoms with Crippen molar-refractivity contribution in [3.8, 4) is 11.8 Å². The summed E-state index contributed by atoms with van der Waals surface area (Å²) in [5.41, 5.74) is 9.14. The second kappa shape index (κ2) is 4.55. The van der Waals surface area contributed by atoms with Gasteiger partial charge in [0, 0.05) is 22.1 Å². The fourth-order valence-corrected chi connectivity index (χ4v) is 0.789. The zero-order valence-electron chi connectivity index (χ0n) is 7.01. The summed E-state index contributed by atoms with van der Waals surface area (Å²) in [5.74, 6) is 3.23. The molecular formula is C9H5N3O2. The van der Waals surface area contributed by atoms with E-state index >= 15 is 0 Å². The first-order valence-electron chi connectivity index (χ1n) is 3.62. The lowest BCUT2D eigenvalue weighted by Gasteiger charge is -1.90. The predicted octanol–water partition coefficient (Wildman–Crippen LogP) is 2.06.